The van der Waals surface area contributed by atoms with Gasteiger partial charge in [0.2, 0.25) is 0 Å². The topological polar surface area (TPSA) is 99.9 Å². The van der Waals surface area contributed by atoms with Crippen molar-refractivity contribution in [3.8, 4) is 17.3 Å². The number of nitrogen functional groups attached to an aromatic ring is 1. The Morgan fingerprint density at radius 3 is 2.51 bits per heavy atom. The van der Waals surface area contributed by atoms with Gasteiger partial charge in [-0.15, -0.1) is 0 Å². The second-order valence-electron chi connectivity index (χ2n) is 9.73. The number of nitriles is 1. The Morgan fingerprint density at radius 1 is 1.11 bits per heavy atom. The van der Waals surface area contributed by atoms with Crippen LogP contribution in [0, 0.1) is 18.3 Å². The van der Waals surface area contributed by atoms with Crippen molar-refractivity contribution in [3.63, 3.8) is 0 Å². The van der Waals surface area contributed by atoms with Crippen LogP contribution in [-0.4, -0.2) is 57.1 Å². The number of piperidine rings is 1. The van der Waals surface area contributed by atoms with Crippen molar-refractivity contribution in [2.75, 3.05) is 43.4 Å². The van der Waals surface area contributed by atoms with Gasteiger partial charge in [-0.25, -0.2) is 15.0 Å². The molecule has 2 N–H and O–H groups in total. The van der Waals surface area contributed by atoms with E-state index in [4.69, 9.17) is 10.7 Å². The summed E-state index contributed by atoms with van der Waals surface area (Å²) in [6.07, 6.45) is 1.59. The molecule has 8 nitrogen and oxygen atoms in total. The zero-order chi connectivity index (χ0) is 26.2. The third kappa shape index (κ3) is 5.11. The normalized spacial score (nSPS) is 17.0. The maximum Gasteiger partial charge on any atom is 0.416 e. The number of halogens is 3. The standard InChI is InChI=1S/C26H29F3N8/c1-17-3-4-19(13-21(17)26(27,28)29)22-15-37(12-11-35-7-2-8-35)24(34-22)18-5-9-36(10-6-18)25-20(14-30)23(31)32-16-33-25/h3-4,13,15-16,18H,2,5-12H2,1H3,(H2,31,32,33). The highest BCUT2D eigenvalue weighted by Crippen LogP contribution is 2.36. The van der Waals surface area contributed by atoms with Crippen LogP contribution in [0.15, 0.2) is 30.7 Å². The highest BCUT2D eigenvalue weighted by Gasteiger charge is 2.33. The Hall–Kier alpha value is -3.65. The van der Waals surface area contributed by atoms with E-state index in [0.29, 0.717) is 30.2 Å². The van der Waals surface area contributed by atoms with Gasteiger partial charge >= 0.3 is 6.18 Å². The number of hydrogen-bond donors (Lipinski definition) is 1. The van der Waals surface area contributed by atoms with Crippen LogP contribution in [0.4, 0.5) is 24.8 Å². The van der Waals surface area contributed by atoms with E-state index < -0.39 is 11.7 Å². The SMILES string of the molecule is Cc1ccc(-c2cn(CCN3CCC3)c(C3CCN(c4ncnc(N)c4C#N)CC3)n2)cc1C(F)(F)F. The molecular formula is C26H29F3N8. The van der Waals surface area contributed by atoms with Crippen molar-refractivity contribution in [2.45, 2.75) is 44.8 Å². The Kier molecular flexibility index (Phi) is 6.77. The maximum absolute atomic E-state index is 13.6. The van der Waals surface area contributed by atoms with Crippen LogP contribution in [0.3, 0.4) is 0 Å². The molecule has 3 aromatic rings. The van der Waals surface area contributed by atoms with E-state index in [1.807, 2.05) is 11.1 Å². The predicted octanol–water partition coefficient (Wildman–Crippen LogP) is 4.21. The molecule has 194 valence electrons. The molecule has 0 bridgehead atoms. The van der Waals surface area contributed by atoms with E-state index in [-0.39, 0.29) is 22.9 Å². The number of hydrogen-bond acceptors (Lipinski definition) is 7. The van der Waals surface area contributed by atoms with Crippen molar-refractivity contribution < 1.29 is 13.2 Å². The summed E-state index contributed by atoms with van der Waals surface area (Å²) in [6, 6.07) is 6.52. The van der Waals surface area contributed by atoms with Crippen LogP contribution >= 0.6 is 0 Å². The monoisotopic (exact) mass is 510 g/mol. The number of likely N-dealkylation sites (tertiary alicyclic amines) is 1. The third-order valence-corrected chi connectivity index (χ3v) is 7.38. The third-order valence-electron chi connectivity index (χ3n) is 7.38. The highest BCUT2D eigenvalue weighted by atomic mass is 19.4. The Bertz CT molecular complexity index is 1310. The molecule has 2 aliphatic rings. The van der Waals surface area contributed by atoms with Crippen molar-refractivity contribution in [2.24, 2.45) is 0 Å². The van der Waals surface area contributed by atoms with Crippen LogP contribution in [0.2, 0.25) is 0 Å². The molecule has 2 saturated heterocycles. The van der Waals surface area contributed by atoms with Crippen molar-refractivity contribution in [1.29, 1.82) is 5.26 Å². The molecule has 2 aliphatic heterocycles. The Labute approximate surface area is 213 Å². The van der Waals surface area contributed by atoms with E-state index >= 15 is 0 Å². The summed E-state index contributed by atoms with van der Waals surface area (Å²) in [5.41, 5.74) is 6.73. The second-order valence-corrected chi connectivity index (χ2v) is 9.73. The fraction of sp³-hybridized carbons (Fsp3) is 0.462. The Morgan fingerprint density at radius 2 is 1.86 bits per heavy atom. The number of imidazole rings is 1. The summed E-state index contributed by atoms with van der Waals surface area (Å²) >= 11 is 0. The molecule has 0 spiro atoms. The first kappa shape index (κ1) is 25.0. The predicted molar refractivity (Wildman–Crippen MR) is 134 cm³/mol. The van der Waals surface area contributed by atoms with Gasteiger partial charge in [-0.2, -0.15) is 18.4 Å². The van der Waals surface area contributed by atoms with Crippen LogP contribution in [0.1, 0.15) is 47.7 Å². The van der Waals surface area contributed by atoms with E-state index in [2.05, 4.69) is 25.5 Å². The first-order chi connectivity index (χ1) is 17.7. The lowest BCUT2D eigenvalue weighted by molar-refractivity contribution is -0.138. The number of aromatic nitrogens is 4. The minimum Gasteiger partial charge on any atom is -0.382 e. The lowest BCUT2D eigenvalue weighted by atomic mass is 9.95. The quantitative estimate of drug-likeness (QED) is 0.530. The molecule has 0 unspecified atom stereocenters. The van der Waals surface area contributed by atoms with Gasteiger partial charge in [0.25, 0.3) is 0 Å². The average Bonchev–Trinajstić information content (AvgIpc) is 3.27. The first-order valence-corrected chi connectivity index (χ1v) is 12.5. The number of benzene rings is 1. The van der Waals surface area contributed by atoms with Gasteiger partial charge < -0.3 is 20.1 Å². The molecule has 4 heterocycles. The van der Waals surface area contributed by atoms with Crippen LogP contribution in [-0.2, 0) is 12.7 Å². The van der Waals surface area contributed by atoms with Gasteiger partial charge in [0.15, 0.2) is 5.82 Å². The van der Waals surface area contributed by atoms with Crippen molar-refractivity contribution >= 4 is 11.6 Å². The van der Waals surface area contributed by atoms with E-state index in [9.17, 15) is 18.4 Å². The molecular weight excluding hydrogens is 481 g/mol. The summed E-state index contributed by atoms with van der Waals surface area (Å²) in [7, 11) is 0. The molecule has 0 radical (unpaired) electrons. The molecule has 0 saturated carbocycles. The lowest BCUT2D eigenvalue weighted by Gasteiger charge is -2.34. The summed E-state index contributed by atoms with van der Waals surface area (Å²) in [6.45, 7) is 6.56. The lowest BCUT2D eigenvalue weighted by Crippen LogP contribution is -2.39. The zero-order valence-electron chi connectivity index (χ0n) is 20.7. The number of alkyl halides is 3. The van der Waals surface area contributed by atoms with Crippen LogP contribution in [0.5, 0.6) is 0 Å². The van der Waals surface area contributed by atoms with Gasteiger partial charge in [0, 0.05) is 43.9 Å². The smallest absolute Gasteiger partial charge is 0.382 e. The molecule has 1 aromatic carbocycles. The van der Waals surface area contributed by atoms with Crippen LogP contribution in [0.25, 0.3) is 11.3 Å². The average molecular weight is 511 g/mol. The number of aryl methyl sites for hydroxylation is 1. The molecule has 11 heteroatoms. The molecule has 5 rings (SSSR count). The van der Waals surface area contributed by atoms with E-state index in [0.717, 1.165) is 44.8 Å². The molecule has 0 atom stereocenters. The highest BCUT2D eigenvalue weighted by molar-refractivity contribution is 5.64. The summed E-state index contributed by atoms with van der Waals surface area (Å²) < 4.78 is 42.8. The first-order valence-electron chi connectivity index (χ1n) is 12.5. The maximum atomic E-state index is 13.6. The number of nitrogens with two attached hydrogens (primary N) is 1. The van der Waals surface area contributed by atoms with Gasteiger partial charge in [-0.1, -0.05) is 12.1 Å². The largest absolute Gasteiger partial charge is 0.416 e. The number of anilines is 2. The van der Waals surface area contributed by atoms with E-state index in [1.54, 1.807) is 6.07 Å². The Balaban J connectivity index is 1.41. The molecule has 2 aromatic heterocycles. The van der Waals surface area contributed by atoms with Crippen molar-refractivity contribution in [1.82, 2.24) is 24.4 Å². The minimum atomic E-state index is -4.41. The summed E-state index contributed by atoms with van der Waals surface area (Å²) in [5, 5.41) is 9.50. The molecule has 0 aliphatic carbocycles. The number of nitrogens with zero attached hydrogens (tertiary/aromatic N) is 7. The van der Waals surface area contributed by atoms with Crippen LogP contribution < -0.4 is 10.6 Å². The summed E-state index contributed by atoms with van der Waals surface area (Å²) in [5.74, 6) is 1.73. The summed E-state index contributed by atoms with van der Waals surface area (Å²) in [4.78, 5) is 17.5. The molecule has 2 fully saturated rings. The number of rotatable bonds is 6. The van der Waals surface area contributed by atoms with Gasteiger partial charge in [0.05, 0.1) is 11.3 Å². The van der Waals surface area contributed by atoms with E-state index in [1.165, 1.54) is 31.8 Å². The van der Waals surface area contributed by atoms with Gasteiger partial charge in [0.1, 0.15) is 29.6 Å². The second kappa shape index (κ2) is 10.0. The fourth-order valence-corrected chi connectivity index (χ4v) is 5.10. The molecule has 37 heavy (non-hydrogen) atoms. The molecule has 0 amide bonds. The van der Waals surface area contributed by atoms with Gasteiger partial charge in [-0.05, 0) is 50.9 Å². The zero-order valence-corrected chi connectivity index (χ0v) is 20.7. The fourth-order valence-electron chi connectivity index (χ4n) is 5.10. The van der Waals surface area contributed by atoms with Crippen molar-refractivity contribution in [3.05, 3.63) is 53.2 Å². The minimum absolute atomic E-state index is 0.138. The van der Waals surface area contributed by atoms with Gasteiger partial charge in [-0.3, -0.25) is 0 Å².